The highest BCUT2D eigenvalue weighted by atomic mass is 32.1. The van der Waals surface area contributed by atoms with Crippen molar-refractivity contribution in [2.24, 2.45) is 5.73 Å². The number of carbonyl (C=O) groups excluding carboxylic acids is 2. The van der Waals surface area contributed by atoms with Gasteiger partial charge in [-0.15, -0.1) is 11.3 Å². The van der Waals surface area contributed by atoms with E-state index in [4.69, 9.17) is 5.73 Å². The summed E-state index contributed by atoms with van der Waals surface area (Å²) in [4.78, 5) is 23.9. The number of esters is 1. The van der Waals surface area contributed by atoms with Crippen molar-refractivity contribution in [3.63, 3.8) is 0 Å². The van der Waals surface area contributed by atoms with Gasteiger partial charge in [0.2, 0.25) is 0 Å². The van der Waals surface area contributed by atoms with Crippen LogP contribution in [-0.4, -0.2) is 32.1 Å². The zero-order valence-electron chi connectivity index (χ0n) is 10.2. The quantitative estimate of drug-likeness (QED) is 0.608. The first-order chi connectivity index (χ1) is 8.58. The van der Waals surface area contributed by atoms with Gasteiger partial charge >= 0.3 is 5.97 Å². The molecule has 0 aliphatic heterocycles. The minimum atomic E-state index is -0.486. The Morgan fingerprint density at radius 3 is 2.89 bits per heavy atom. The lowest BCUT2D eigenvalue weighted by atomic mass is 10.2. The number of hydrogen-bond acceptors (Lipinski definition) is 5. The van der Waals surface area contributed by atoms with Crippen molar-refractivity contribution < 1.29 is 14.3 Å². The number of rotatable bonds is 3. The largest absolute Gasteiger partial charge is 0.468 e. The molecule has 1 aromatic rings. The third-order valence-corrected chi connectivity index (χ3v) is 3.22. The number of thiophene rings is 1. The summed E-state index contributed by atoms with van der Waals surface area (Å²) in [6, 6.07) is 1.73. The summed E-state index contributed by atoms with van der Waals surface area (Å²) in [5.74, 6) is 4.84. The Hall–Kier alpha value is -1.84. The summed E-state index contributed by atoms with van der Waals surface area (Å²) >= 11 is 1.27. The molecule has 0 fully saturated rings. The van der Waals surface area contributed by atoms with Crippen molar-refractivity contribution in [1.29, 1.82) is 0 Å². The summed E-state index contributed by atoms with van der Waals surface area (Å²) in [6.45, 7) is 2.01. The van der Waals surface area contributed by atoms with Gasteiger partial charge < -0.3 is 15.8 Å². The van der Waals surface area contributed by atoms with Crippen molar-refractivity contribution >= 4 is 23.2 Å². The van der Waals surface area contributed by atoms with Gasteiger partial charge in [-0.25, -0.2) is 0 Å². The molecule has 1 amide bonds. The first-order valence-corrected chi connectivity index (χ1v) is 6.04. The van der Waals surface area contributed by atoms with Gasteiger partial charge in [0, 0.05) is 0 Å². The topological polar surface area (TPSA) is 81.4 Å². The molecule has 0 atom stereocenters. The third-order valence-electron chi connectivity index (χ3n) is 2.07. The van der Waals surface area contributed by atoms with E-state index in [0.29, 0.717) is 4.88 Å². The molecule has 0 unspecified atom stereocenters. The third kappa shape index (κ3) is 3.87. The second-order valence-corrected chi connectivity index (χ2v) is 4.44. The first kappa shape index (κ1) is 14.2. The average Bonchev–Trinajstić information content (AvgIpc) is 2.74. The molecule has 0 saturated heterocycles. The van der Waals surface area contributed by atoms with E-state index < -0.39 is 5.97 Å². The van der Waals surface area contributed by atoms with E-state index in [-0.39, 0.29) is 19.0 Å². The molecule has 0 radical (unpaired) electrons. The molecule has 1 aromatic heterocycles. The van der Waals surface area contributed by atoms with Gasteiger partial charge in [0.15, 0.2) is 0 Å². The number of ether oxygens (including phenoxy) is 1. The summed E-state index contributed by atoms with van der Waals surface area (Å²) in [6.07, 6.45) is 0. The SMILES string of the molecule is COC(=O)CNC(=O)c1cc(C)c(C#CCN)s1. The summed E-state index contributed by atoms with van der Waals surface area (Å²) < 4.78 is 4.43. The standard InChI is InChI=1S/C12H14N2O3S/c1-8-6-10(18-9(8)4-3-5-13)12(16)14-7-11(15)17-2/h6H,5,7,13H2,1-2H3,(H,14,16). The minimum Gasteiger partial charge on any atom is -0.468 e. The number of methoxy groups -OCH3 is 1. The Kier molecular flexibility index (Phi) is 5.36. The van der Waals surface area contributed by atoms with E-state index in [2.05, 4.69) is 21.9 Å². The molecule has 0 aromatic carbocycles. The van der Waals surface area contributed by atoms with Gasteiger partial charge in [0.05, 0.1) is 23.4 Å². The Labute approximate surface area is 109 Å². The molecule has 1 heterocycles. The Balaban J connectivity index is 2.72. The van der Waals surface area contributed by atoms with Crippen LogP contribution in [0.5, 0.6) is 0 Å². The van der Waals surface area contributed by atoms with E-state index in [1.54, 1.807) is 6.07 Å². The maximum atomic E-state index is 11.7. The molecule has 18 heavy (non-hydrogen) atoms. The van der Waals surface area contributed by atoms with E-state index in [9.17, 15) is 9.59 Å². The predicted molar refractivity (Wildman–Crippen MR) is 69.3 cm³/mol. The van der Waals surface area contributed by atoms with Crippen LogP contribution in [0.2, 0.25) is 0 Å². The monoisotopic (exact) mass is 266 g/mol. The van der Waals surface area contributed by atoms with Crippen LogP contribution in [0, 0.1) is 18.8 Å². The first-order valence-electron chi connectivity index (χ1n) is 5.23. The minimum absolute atomic E-state index is 0.143. The molecular formula is C12H14N2O3S. The van der Waals surface area contributed by atoms with Gasteiger partial charge in [-0.3, -0.25) is 9.59 Å². The van der Waals surface area contributed by atoms with Crippen molar-refractivity contribution in [3.05, 3.63) is 21.4 Å². The Morgan fingerprint density at radius 2 is 2.28 bits per heavy atom. The molecule has 0 bridgehead atoms. The second-order valence-electron chi connectivity index (χ2n) is 3.39. The number of amides is 1. The second kappa shape index (κ2) is 6.79. The Morgan fingerprint density at radius 1 is 1.56 bits per heavy atom. The van der Waals surface area contributed by atoms with E-state index in [0.717, 1.165) is 10.4 Å². The average molecular weight is 266 g/mol. The van der Waals surface area contributed by atoms with Crippen LogP contribution in [0.3, 0.4) is 0 Å². The van der Waals surface area contributed by atoms with Gasteiger partial charge in [0.25, 0.3) is 5.91 Å². The normalized spacial score (nSPS) is 9.28. The molecule has 0 aliphatic rings. The van der Waals surface area contributed by atoms with Crippen molar-refractivity contribution in [1.82, 2.24) is 5.32 Å². The van der Waals surface area contributed by atoms with Crippen LogP contribution in [0.25, 0.3) is 0 Å². The van der Waals surface area contributed by atoms with E-state index in [1.807, 2.05) is 6.92 Å². The van der Waals surface area contributed by atoms with Crippen LogP contribution < -0.4 is 11.1 Å². The van der Waals surface area contributed by atoms with Crippen LogP contribution in [0.15, 0.2) is 6.07 Å². The summed E-state index contributed by atoms with van der Waals surface area (Å²) in [5, 5.41) is 2.47. The summed E-state index contributed by atoms with van der Waals surface area (Å²) in [7, 11) is 1.27. The van der Waals surface area contributed by atoms with Gasteiger partial charge in [-0.1, -0.05) is 11.8 Å². The van der Waals surface area contributed by atoms with Crippen LogP contribution in [0.4, 0.5) is 0 Å². The molecule has 96 valence electrons. The lowest BCUT2D eigenvalue weighted by Gasteiger charge is -2.00. The number of nitrogens with two attached hydrogens (primary N) is 1. The maximum Gasteiger partial charge on any atom is 0.325 e. The molecule has 0 spiro atoms. The number of nitrogens with one attached hydrogen (secondary N) is 1. The van der Waals surface area contributed by atoms with Crippen molar-refractivity contribution in [3.8, 4) is 11.8 Å². The zero-order chi connectivity index (χ0) is 13.5. The van der Waals surface area contributed by atoms with E-state index >= 15 is 0 Å². The maximum absolute atomic E-state index is 11.7. The molecule has 5 nitrogen and oxygen atoms in total. The smallest absolute Gasteiger partial charge is 0.325 e. The number of aryl methyl sites for hydroxylation is 1. The van der Waals surface area contributed by atoms with Crippen molar-refractivity contribution in [2.75, 3.05) is 20.2 Å². The summed E-state index contributed by atoms with van der Waals surface area (Å²) in [5.41, 5.74) is 6.21. The number of hydrogen-bond donors (Lipinski definition) is 2. The highest BCUT2D eigenvalue weighted by Gasteiger charge is 2.12. The predicted octanol–water partition coefficient (Wildman–Crippen LogP) is 0.270. The fraction of sp³-hybridized carbons (Fsp3) is 0.333. The lowest BCUT2D eigenvalue weighted by Crippen LogP contribution is -2.29. The fourth-order valence-corrected chi connectivity index (χ4v) is 2.12. The molecule has 0 aliphatic carbocycles. The van der Waals surface area contributed by atoms with Crippen molar-refractivity contribution in [2.45, 2.75) is 6.92 Å². The number of carbonyl (C=O) groups is 2. The molecule has 1 rings (SSSR count). The molecule has 6 heteroatoms. The van der Waals surface area contributed by atoms with Crippen LogP contribution in [-0.2, 0) is 9.53 Å². The molecular weight excluding hydrogens is 252 g/mol. The van der Waals surface area contributed by atoms with Gasteiger partial charge in [-0.05, 0) is 18.6 Å². The highest BCUT2D eigenvalue weighted by molar-refractivity contribution is 7.14. The van der Waals surface area contributed by atoms with Gasteiger partial charge in [0.1, 0.15) is 6.54 Å². The van der Waals surface area contributed by atoms with Crippen LogP contribution in [0.1, 0.15) is 20.1 Å². The van der Waals surface area contributed by atoms with E-state index in [1.165, 1.54) is 18.4 Å². The Bertz CT molecular complexity index is 511. The molecule has 3 N–H and O–H groups in total. The molecule has 0 saturated carbocycles. The highest BCUT2D eigenvalue weighted by Crippen LogP contribution is 2.20. The zero-order valence-corrected chi connectivity index (χ0v) is 11.0. The van der Waals surface area contributed by atoms with Crippen LogP contribution >= 0.6 is 11.3 Å². The fourth-order valence-electron chi connectivity index (χ4n) is 1.16. The van der Waals surface area contributed by atoms with Gasteiger partial charge in [-0.2, -0.15) is 0 Å². The lowest BCUT2D eigenvalue weighted by molar-refractivity contribution is -0.139.